The van der Waals surface area contributed by atoms with Crippen LogP contribution in [-0.2, 0) is 9.53 Å². The molecule has 1 heterocycles. The summed E-state index contributed by atoms with van der Waals surface area (Å²) in [5.41, 5.74) is 5.58. The average Bonchev–Trinajstić information content (AvgIpc) is 2.36. The first-order valence-electron chi connectivity index (χ1n) is 6.52. The zero-order chi connectivity index (χ0) is 12.7. The van der Waals surface area contributed by atoms with Crippen LogP contribution in [0, 0.1) is 0 Å². The molecule has 17 heavy (non-hydrogen) atoms. The summed E-state index contributed by atoms with van der Waals surface area (Å²) in [6.07, 6.45) is 1.87. The lowest BCUT2D eigenvalue weighted by molar-refractivity contribution is -0.134. The molecule has 1 aliphatic rings. The molecule has 1 saturated heterocycles. The number of nitrogens with zero attached hydrogens (tertiary/aromatic N) is 1. The number of carbonyl (C=O) groups excluding carboxylic acids is 1. The minimum absolute atomic E-state index is 0.0791. The predicted molar refractivity (Wildman–Crippen MR) is 67.7 cm³/mol. The quantitative estimate of drug-likeness (QED) is 0.686. The van der Waals surface area contributed by atoms with E-state index in [1.807, 2.05) is 6.92 Å². The van der Waals surface area contributed by atoms with Crippen LogP contribution < -0.4 is 11.1 Å². The summed E-state index contributed by atoms with van der Waals surface area (Å²) < 4.78 is 5.41. The number of rotatable bonds is 6. The Balaban J connectivity index is 2.55. The predicted octanol–water partition coefficient (Wildman–Crippen LogP) is -0.0493. The summed E-state index contributed by atoms with van der Waals surface area (Å²) >= 11 is 0. The molecule has 1 rings (SSSR count). The van der Waals surface area contributed by atoms with Crippen molar-refractivity contribution >= 4 is 5.91 Å². The highest BCUT2D eigenvalue weighted by atomic mass is 16.5. The van der Waals surface area contributed by atoms with Crippen LogP contribution in [0.2, 0.25) is 0 Å². The highest BCUT2D eigenvalue weighted by Crippen LogP contribution is 2.13. The van der Waals surface area contributed by atoms with Gasteiger partial charge in [0.1, 0.15) is 6.04 Å². The van der Waals surface area contributed by atoms with Gasteiger partial charge in [0.15, 0.2) is 0 Å². The van der Waals surface area contributed by atoms with Gasteiger partial charge in [0, 0.05) is 19.1 Å². The minimum Gasteiger partial charge on any atom is -0.378 e. The molecular weight excluding hydrogens is 218 g/mol. The molecule has 0 radical (unpaired) electrons. The van der Waals surface area contributed by atoms with E-state index in [0.29, 0.717) is 25.8 Å². The van der Waals surface area contributed by atoms with Gasteiger partial charge >= 0.3 is 0 Å². The molecule has 5 nitrogen and oxygen atoms in total. The molecule has 1 aliphatic heterocycles. The van der Waals surface area contributed by atoms with Crippen LogP contribution in [0.3, 0.4) is 0 Å². The number of nitrogens with two attached hydrogens (primary N) is 1. The lowest BCUT2D eigenvalue weighted by atomic mass is 10.1. The minimum atomic E-state index is -0.156. The van der Waals surface area contributed by atoms with Crippen LogP contribution in [0.25, 0.3) is 0 Å². The van der Waals surface area contributed by atoms with E-state index in [0.717, 1.165) is 25.9 Å². The Morgan fingerprint density at radius 1 is 1.65 bits per heavy atom. The van der Waals surface area contributed by atoms with E-state index in [1.54, 1.807) is 0 Å². The highest BCUT2D eigenvalue weighted by Gasteiger charge is 2.31. The fraction of sp³-hybridized carbons (Fsp3) is 0.917. The molecule has 0 bridgehead atoms. The van der Waals surface area contributed by atoms with E-state index >= 15 is 0 Å². The Kier molecular flexibility index (Phi) is 6.47. The maximum absolute atomic E-state index is 12.0. The van der Waals surface area contributed by atoms with Crippen molar-refractivity contribution in [2.24, 2.45) is 5.73 Å². The molecule has 1 amide bonds. The van der Waals surface area contributed by atoms with Gasteiger partial charge in [-0.1, -0.05) is 6.92 Å². The van der Waals surface area contributed by atoms with Crippen molar-refractivity contribution in [3.63, 3.8) is 0 Å². The third-order valence-electron chi connectivity index (χ3n) is 3.17. The summed E-state index contributed by atoms with van der Waals surface area (Å²) in [5.74, 6) is 0.0791. The standard InChI is InChI=1S/C12H25N3O2/c1-3-6-14-12(16)11-9-17-8-7-15(11)10(2)4-5-13/h10-11H,3-9,13H2,1-2H3,(H,14,16). The maximum atomic E-state index is 12.0. The summed E-state index contributed by atoms with van der Waals surface area (Å²) in [7, 11) is 0. The van der Waals surface area contributed by atoms with E-state index in [1.165, 1.54) is 0 Å². The number of amides is 1. The van der Waals surface area contributed by atoms with Crippen LogP contribution in [0.1, 0.15) is 26.7 Å². The monoisotopic (exact) mass is 243 g/mol. The van der Waals surface area contributed by atoms with Gasteiger partial charge in [-0.05, 0) is 26.3 Å². The number of morpholine rings is 1. The zero-order valence-electron chi connectivity index (χ0n) is 10.9. The van der Waals surface area contributed by atoms with Gasteiger partial charge in [-0.15, -0.1) is 0 Å². The number of carbonyl (C=O) groups is 1. The van der Waals surface area contributed by atoms with Gasteiger partial charge < -0.3 is 15.8 Å². The Labute approximate surface area is 104 Å². The Bertz CT molecular complexity index is 236. The van der Waals surface area contributed by atoms with Crippen molar-refractivity contribution < 1.29 is 9.53 Å². The van der Waals surface area contributed by atoms with Gasteiger partial charge in [-0.2, -0.15) is 0 Å². The molecule has 0 spiro atoms. The lowest BCUT2D eigenvalue weighted by Crippen LogP contribution is -2.57. The van der Waals surface area contributed by atoms with Gasteiger partial charge in [0.2, 0.25) is 5.91 Å². The molecule has 2 atom stereocenters. The molecule has 1 fully saturated rings. The smallest absolute Gasteiger partial charge is 0.239 e. The first-order valence-corrected chi connectivity index (χ1v) is 6.52. The third kappa shape index (κ3) is 4.26. The summed E-state index contributed by atoms with van der Waals surface area (Å²) in [4.78, 5) is 14.2. The largest absolute Gasteiger partial charge is 0.378 e. The topological polar surface area (TPSA) is 67.6 Å². The van der Waals surface area contributed by atoms with Crippen molar-refractivity contribution in [3.8, 4) is 0 Å². The van der Waals surface area contributed by atoms with Crippen LogP contribution in [0.4, 0.5) is 0 Å². The summed E-state index contributed by atoms with van der Waals surface area (Å²) in [5, 5.41) is 2.94. The van der Waals surface area contributed by atoms with Gasteiger partial charge in [-0.25, -0.2) is 0 Å². The molecule has 2 unspecified atom stereocenters. The third-order valence-corrected chi connectivity index (χ3v) is 3.17. The number of ether oxygens (including phenoxy) is 1. The SMILES string of the molecule is CCCNC(=O)C1COCCN1C(C)CCN. The normalized spacial score (nSPS) is 23.4. The van der Waals surface area contributed by atoms with E-state index < -0.39 is 0 Å². The molecule has 0 aliphatic carbocycles. The van der Waals surface area contributed by atoms with Gasteiger partial charge in [0.05, 0.1) is 13.2 Å². The molecule has 0 aromatic carbocycles. The van der Waals surface area contributed by atoms with Crippen LogP contribution in [0.5, 0.6) is 0 Å². The number of nitrogens with one attached hydrogen (secondary N) is 1. The van der Waals surface area contributed by atoms with E-state index in [-0.39, 0.29) is 11.9 Å². The highest BCUT2D eigenvalue weighted by molar-refractivity contribution is 5.82. The molecule has 0 aromatic rings. The molecule has 5 heteroatoms. The van der Waals surface area contributed by atoms with Crippen molar-refractivity contribution in [2.75, 3.05) is 32.8 Å². The lowest BCUT2D eigenvalue weighted by Gasteiger charge is -2.38. The van der Waals surface area contributed by atoms with Crippen molar-refractivity contribution in [1.82, 2.24) is 10.2 Å². The van der Waals surface area contributed by atoms with E-state index in [4.69, 9.17) is 10.5 Å². The fourth-order valence-electron chi connectivity index (χ4n) is 2.14. The Hall–Kier alpha value is -0.650. The molecule has 0 aromatic heterocycles. The van der Waals surface area contributed by atoms with Crippen LogP contribution in [-0.4, -0.2) is 55.7 Å². The molecule has 100 valence electrons. The number of hydrogen-bond acceptors (Lipinski definition) is 4. The van der Waals surface area contributed by atoms with E-state index in [2.05, 4.69) is 17.1 Å². The Morgan fingerprint density at radius 3 is 3.06 bits per heavy atom. The second kappa shape index (κ2) is 7.63. The fourth-order valence-corrected chi connectivity index (χ4v) is 2.14. The second-order valence-corrected chi connectivity index (χ2v) is 4.55. The van der Waals surface area contributed by atoms with Gasteiger partial charge in [-0.3, -0.25) is 9.69 Å². The van der Waals surface area contributed by atoms with Crippen molar-refractivity contribution in [3.05, 3.63) is 0 Å². The van der Waals surface area contributed by atoms with E-state index in [9.17, 15) is 4.79 Å². The average molecular weight is 243 g/mol. The van der Waals surface area contributed by atoms with Gasteiger partial charge in [0.25, 0.3) is 0 Å². The first-order chi connectivity index (χ1) is 8.20. The zero-order valence-corrected chi connectivity index (χ0v) is 10.9. The van der Waals surface area contributed by atoms with Crippen molar-refractivity contribution in [1.29, 1.82) is 0 Å². The summed E-state index contributed by atoms with van der Waals surface area (Å²) in [6.45, 7) is 7.56. The Morgan fingerprint density at radius 2 is 2.41 bits per heavy atom. The maximum Gasteiger partial charge on any atom is 0.239 e. The van der Waals surface area contributed by atoms with Crippen LogP contribution in [0.15, 0.2) is 0 Å². The molecular formula is C12H25N3O2. The number of hydrogen-bond donors (Lipinski definition) is 2. The first kappa shape index (κ1) is 14.4. The van der Waals surface area contributed by atoms with Crippen LogP contribution >= 0.6 is 0 Å². The molecule has 0 saturated carbocycles. The summed E-state index contributed by atoms with van der Waals surface area (Å²) in [6, 6.07) is 0.179. The second-order valence-electron chi connectivity index (χ2n) is 4.55. The molecule has 3 N–H and O–H groups in total. The van der Waals surface area contributed by atoms with Crippen molar-refractivity contribution in [2.45, 2.75) is 38.8 Å².